The van der Waals surface area contributed by atoms with Gasteiger partial charge in [0.05, 0.1) is 11.6 Å². The molecule has 0 aromatic carbocycles. The zero-order valence-corrected chi connectivity index (χ0v) is 8.45. The highest BCUT2D eigenvalue weighted by Gasteiger charge is 2.11. The highest BCUT2D eigenvalue weighted by molar-refractivity contribution is 7.11. The summed E-state index contributed by atoms with van der Waals surface area (Å²) in [7, 11) is 3.40. The van der Waals surface area contributed by atoms with Crippen molar-refractivity contribution in [3.05, 3.63) is 16.1 Å². The highest BCUT2D eigenvalue weighted by atomic mass is 35.5. The molecule has 0 saturated heterocycles. The van der Waals surface area contributed by atoms with E-state index in [4.69, 9.17) is 11.6 Å². The summed E-state index contributed by atoms with van der Waals surface area (Å²) in [4.78, 5) is 16.8. The maximum Gasteiger partial charge on any atom is 0.282 e. The first-order valence-corrected chi connectivity index (χ1v) is 4.78. The first kappa shape index (κ1) is 9.48. The summed E-state index contributed by atoms with van der Waals surface area (Å²) in [5.41, 5.74) is 0.756. The minimum Gasteiger partial charge on any atom is -0.343 e. The Balaban J connectivity index is 2.82. The monoisotopic (exact) mass is 204 g/mol. The van der Waals surface area contributed by atoms with Gasteiger partial charge in [-0.1, -0.05) is 0 Å². The zero-order chi connectivity index (χ0) is 9.14. The third-order valence-electron chi connectivity index (χ3n) is 1.28. The van der Waals surface area contributed by atoms with Gasteiger partial charge in [-0.3, -0.25) is 4.79 Å². The normalized spacial score (nSPS) is 9.92. The Bertz CT molecular complexity index is 285. The standard InChI is InChI=1S/C7H9ClN2OS/c1-10(2)7(11)6-9-5(3-8)4-12-6/h4H,3H2,1-2H3. The van der Waals surface area contributed by atoms with Gasteiger partial charge >= 0.3 is 0 Å². The summed E-state index contributed by atoms with van der Waals surface area (Å²) < 4.78 is 0. The van der Waals surface area contributed by atoms with Crippen molar-refractivity contribution in [1.82, 2.24) is 9.88 Å². The summed E-state index contributed by atoms with van der Waals surface area (Å²) in [6.45, 7) is 0. The Labute approximate surface area is 80.0 Å². The second-order valence-corrected chi connectivity index (χ2v) is 3.60. The fourth-order valence-corrected chi connectivity index (χ4v) is 1.72. The molecule has 0 fully saturated rings. The van der Waals surface area contributed by atoms with Crippen LogP contribution in [0.2, 0.25) is 0 Å². The number of thiazole rings is 1. The summed E-state index contributed by atoms with van der Waals surface area (Å²) in [6, 6.07) is 0. The van der Waals surface area contributed by atoms with Gasteiger partial charge < -0.3 is 4.90 Å². The maximum absolute atomic E-state index is 11.3. The van der Waals surface area contributed by atoms with Crippen molar-refractivity contribution in [3.8, 4) is 0 Å². The average Bonchev–Trinajstić information content (AvgIpc) is 2.50. The molecule has 0 atom stereocenters. The first-order valence-electron chi connectivity index (χ1n) is 3.37. The summed E-state index contributed by atoms with van der Waals surface area (Å²) in [5.74, 6) is 0.286. The lowest BCUT2D eigenvalue weighted by Gasteiger charge is -2.05. The predicted molar refractivity (Wildman–Crippen MR) is 49.7 cm³/mol. The zero-order valence-electron chi connectivity index (χ0n) is 6.87. The van der Waals surface area contributed by atoms with E-state index in [1.165, 1.54) is 16.2 Å². The van der Waals surface area contributed by atoms with Crippen LogP contribution in [0.5, 0.6) is 0 Å². The van der Waals surface area contributed by atoms with E-state index in [1.807, 2.05) is 0 Å². The van der Waals surface area contributed by atoms with Gasteiger partial charge in [-0.15, -0.1) is 22.9 Å². The second-order valence-electron chi connectivity index (χ2n) is 2.48. The molecule has 0 aliphatic heterocycles. The van der Waals surface area contributed by atoms with Crippen molar-refractivity contribution in [2.45, 2.75) is 5.88 Å². The van der Waals surface area contributed by atoms with Crippen LogP contribution in [-0.4, -0.2) is 29.9 Å². The fourth-order valence-electron chi connectivity index (χ4n) is 0.658. The van der Waals surface area contributed by atoms with E-state index >= 15 is 0 Å². The molecule has 0 unspecified atom stereocenters. The van der Waals surface area contributed by atoms with Gasteiger partial charge in [-0.05, 0) is 0 Å². The first-order chi connectivity index (χ1) is 5.65. The van der Waals surface area contributed by atoms with Crippen LogP contribution in [0.4, 0.5) is 0 Å². The van der Waals surface area contributed by atoms with Crippen molar-refractivity contribution in [3.63, 3.8) is 0 Å². The third kappa shape index (κ3) is 1.95. The predicted octanol–water partition coefficient (Wildman–Crippen LogP) is 1.58. The van der Waals surface area contributed by atoms with Crippen LogP contribution >= 0.6 is 22.9 Å². The largest absolute Gasteiger partial charge is 0.343 e. The molecule has 0 aliphatic rings. The lowest BCUT2D eigenvalue weighted by atomic mass is 10.5. The van der Waals surface area contributed by atoms with Gasteiger partial charge in [0.1, 0.15) is 0 Å². The summed E-state index contributed by atoms with van der Waals surface area (Å²) >= 11 is 6.87. The molecule has 1 amide bonds. The van der Waals surface area contributed by atoms with Crippen LogP contribution in [0.3, 0.4) is 0 Å². The lowest BCUT2D eigenvalue weighted by Crippen LogP contribution is -2.21. The number of carbonyl (C=O) groups excluding carboxylic acids is 1. The minimum atomic E-state index is -0.0728. The van der Waals surface area contributed by atoms with E-state index in [0.29, 0.717) is 10.9 Å². The van der Waals surface area contributed by atoms with Crippen molar-refractivity contribution < 1.29 is 4.79 Å². The number of carbonyl (C=O) groups is 1. The van der Waals surface area contributed by atoms with Crippen LogP contribution < -0.4 is 0 Å². The van der Waals surface area contributed by atoms with Crippen LogP contribution in [0.15, 0.2) is 5.38 Å². The smallest absolute Gasteiger partial charge is 0.282 e. The van der Waals surface area contributed by atoms with E-state index in [-0.39, 0.29) is 5.91 Å². The van der Waals surface area contributed by atoms with Crippen molar-refractivity contribution >= 4 is 28.8 Å². The van der Waals surface area contributed by atoms with Crippen LogP contribution in [0, 0.1) is 0 Å². The number of rotatable bonds is 2. The van der Waals surface area contributed by atoms with Gasteiger partial charge in [0.15, 0.2) is 5.01 Å². The van der Waals surface area contributed by atoms with Gasteiger partial charge in [-0.25, -0.2) is 4.98 Å². The van der Waals surface area contributed by atoms with Crippen LogP contribution in [-0.2, 0) is 5.88 Å². The molecule has 0 saturated carbocycles. The Morgan fingerprint density at radius 1 is 1.75 bits per heavy atom. The molecule has 3 nitrogen and oxygen atoms in total. The number of hydrogen-bond acceptors (Lipinski definition) is 3. The fraction of sp³-hybridized carbons (Fsp3) is 0.429. The van der Waals surface area contributed by atoms with Crippen molar-refractivity contribution in [1.29, 1.82) is 0 Å². The average molecular weight is 205 g/mol. The quantitative estimate of drug-likeness (QED) is 0.686. The molecule has 1 aromatic heterocycles. The molecule has 5 heteroatoms. The summed E-state index contributed by atoms with van der Waals surface area (Å²) in [6.07, 6.45) is 0. The molecular formula is C7H9ClN2OS. The topological polar surface area (TPSA) is 33.2 Å². The number of hydrogen-bond donors (Lipinski definition) is 0. The highest BCUT2D eigenvalue weighted by Crippen LogP contribution is 2.12. The Hall–Kier alpha value is -0.610. The molecule has 12 heavy (non-hydrogen) atoms. The van der Waals surface area contributed by atoms with E-state index in [9.17, 15) is 4.79 Å². The van der Waals surface area contributed by atoms with Crippen molar-refractivity contribution in [2.75, 3.05) is 14.1 Å². The van der Waals surface area contributed by atoms with Crippen molar-refractivity contribution in [2.24, 2.45) is 0 Å². The van der Waals surface area contributed by atoms with E-state index in [2.05, 4.69) is 4.98 Å². The van der Waals surface area contributed by atoms with Gasteiger partial charge in [0.25, 0.3) is 5.91 Å². The van der Waals surface area contributed by atoms with Gasteiger partial charge in [-0.2, -0.15) is 0 Å². The molecule has 0 aliphatic carbocycles. The second kappa shape index (κ2) is 3.87. The maximum atomic E-state index is 11.3. The third-order valence-corrected chi connectivity index (χ3v) is 2.43. The molecule has 0 radical (unpaired) electrons. The molecular weight excluding hydrogens is 196 g/mol. The van der Waals surface area contributed by atoms with Gasteiger partial charge in [0.2, 0.25) is 0 Å². The number of aromatic nitrogens is 1. The van der Waals surface area contributed by atoms with E-state index in [0.717, 1.165) is 5.69 Å². The molecule has 0 N–H and O–H groups in total. The lowest BCUT2D eigenvalue weighted by molar-refractivity contribution is 0.0827. The number of nitrogens with zero attached hydrogens (tertiary/aromatic N) is 2. The van der Waals surface area contributed by atoms with Gasteiger partial charge in [0, 0.05) is 19.5 Å². The molecule has 0 bridgehead atoms. The number of amides is 1. The number of halogens is 1. The Morgan fingerprint density at radius 2 is 2.42 bits per heavy atom. The van der Waals surface area contributed by atoms with E-state index < -0.39 is 0 Å². The van der Waals surface area contributed by atoms with E-state index in [1.54, 1.807) is 19.5 Å². The number of alkyl halides is 1. The molecule has 66 valence electrons. The molecule has 0 spiro atoms. The molecule has 1 rings (SSSR count). The molecule has 1 aromatic rings. The SMILES string of the molecule is CN(C)C(=O)c1nc(CCl)cs1. The van der Waals surface area contributed by atoms with Crippen LogP contribution in [0.1, 0.15) is 15.5 Å². The summed E-state index contributed by atoms with van der Waals surface area (Å²) in [5, 5.41) is 2.29. The Morgan fingerprint density at radius 3 is 2.83 bits per heavy atom. The Kier molecular flexibility index (Phi) is 3.05. The molecule has 1 heterocycles. The van der Waals surface area contributed by atoms with Crippen LogP contribution in [0.25, 0.3) is 0 Å². The minimum absolute atomic E-state index is 0.0728.